The molecular formula is C4H6N3O3+. The molecule has 0 atom stereocenters. The Labute approximate surface area is 56.0 Å². The number of anilines is 1. The first-order chi connectivity index (χ1) is 4.68. The highest BCUT2D eigenvalue weighted by Gasteiger charge is 2.07. The van der Waals surface area contributed by atoms with Crippen LogP contribution in [0.5, 0.6) is 0 Å². The van der Waals surface area contributed by atoms with E-state index >= 15 is 0 Å². The number of hydrogen-bond donors (Lipinski definition) is 2. The first-order valence-corrected chi connectivity index (χ1v) is 2.51. The molecule has 0 aliphatic rings. The molecule has 0 unspecified atom stereocenters. The molecule has 1 amide bonds. The quantitative estimate of drug-likeness (QED) is 0.525. The van der Waals surface area contributed by atoms with Gasteiger partial charge in [-0.05, 0) is 0 Å². The summed E-state index contributed by atoms with van der Waals surface area (Å²) in [7, 11) is 1.62. The van der Waals surface area contributed by atoms with Crippen molar-refractivity contribution in [1.29, 1.82) is 0 Å². The van der Waals surface area contributed by atoms with Gasteiger partial charge in [0.1, 0.15) is 0 Å². The molecule has 0 aliphatic heterocycles. The van der Waals surface area contributed by atoms with Crippen LogP contribution < -0.4 is 10.00 Å². The van der Waals surface area contributed by atoms with Gasteiger partial charge in [-0.25, -0.2) is 4.79 Å². The second kappa shape index (κ2) is 2.34. The molecule has 0 saturated carbocycles. The van der Waals surface area contributed by atoms with Crippen molar-refractivity contribution in [1.82, 2.24) is 5.27 Å². The molecule has 1 aromatic heterocycles. The normalized spacial score (nSPS) is 9.30. The van der Waals surface area contributed by atoms with E-state index < -0.39 is 6.09 Å². The van der Waals surface area contributed by atoms with Crippen LogP contribution in [0, 0.1) is 0 Å². The van der Waals surface area contributed by atoms with Crippen LogP contribution in [0.2, 0.25) is 0 Å². The van der Waals surface area contributed by atoms with E-state index in [-0.39, 0.29) is 5.88 Å². The largest absolute Gasteiger partial charge is 0.465 e. The maximum atomic E-state index is 9.97. The van der Waals surface area contributed by atoms with Crippen LogP contribution in [0.4, 0.5) is 10.7 Å². The number of amides is 1. The van der Waals surface area contributed by atoms with E-state index in [1.165, 1.54) is 10.9 Å². The topological polar surface area (TPSA) is 79.2 Å². The third-order valence-corrected chi connectivity index (χ3v) is 0.802. The third kappa shape index (κ3) is 1.44. The average Bonchev–Trinajstić information content (AvgIpc) is 2.13. The summed E-state index contributed by atoms with van der Waals surface area (Å²) in [6.07, 6.45) is 0.241. The van der Waals surface area contributed by atoms with E-state index in [1.807, 2.05) is 5.32 Å². The Morgan fingerprint density at radius 1 is 2.00 bits per heavy atom. The maximum absolute atomic E-state index is 9.97. The van der Waals surface area contributed by atoms with Crippen molar-refractivity contribution in [2.24, 2.45) is 7.05 Å². The molecule has 2 N–H and O–H groups in total. The fourth-order valence-electron chi connectivity index (χ4n) is 0.486. The van der Waals surface area contributed by atoms with Crippen LogP contribution in [0.15, 0.2) is 10.7 Å². The lowest BCUT2D eigenvalue weighted by Gasteiger charge is -1.85. The zero-order chi connectivity index (χ0) is 7.56. The molecule has 6 nitrogen and oxygen atoms in total. The Bertz CT molecular complexity index is 244. The highest BCUT2D eigenvalue weighted by Crippen LogP contribution is 1.97. The molecule has 1 heterocycles. The van der Waals surface area contributed by atoms with E-state index in [1.54, 1.807) is 7.05 Å². The van der Waals surface area contributed by atoms with Crippen molar-refractivity contribution in [2.75, 3.05) is 5.32 Å². The van der Waals surface area contributed by atoms with Crippen LogP contribution in [-0.2, 0) is 7.05 Å². The van der Waals surface area contributed by atoms with Gasteiger partial charge in [0.05, 0.1) is 0 Å². The van der Waals surface area contributed by atoms with Gasteiger partial charge in [0.25, 0.3) is 6.20 Å². The van der Waals surface area contributed by atoms with Gasteiger partial charge in [0.15, 0.2) is 12.3 Å². The standard InChI is InChI=1S/C4H5N3O3/c1-7-2-3(10-6-7)5-4(8)9/h2H,1H3,(H-,5,6,8,9)/p+1. The highest BCUT2D eigenvalue weighted by atomic mass is 16.5. The Hall–Kier alpha value is -1.59. The number of aromatic nitrogens is 2. The summed E-state index contributed by atoms with van der Waals surface area (Å²) in [6, 6.07) is 0. The monoisotopic (exact) mass is 144 g/mol. The van der Waals surface area contributed by atoms with Crippen molar-refractivity contribution in [2.45, 2.75) is 0 Å². The van der Waals surface area contributed by atoms with Gasteiger partial charge in [-0.15, -0.1) is 0 Å². The van der Waals surface area contributed by atoms with Crippen molar-refractivity contribution < 1.29 is 19.1 Å². The zero-order valence-corrected chi connectivity index (χ0v) is 5.24. The van der Waals surface area contributed by atoms with Crippen molar-refractivity contribution in [3.63, 3.8) is 0 Å². The van der Waals surface area contributed by atoms with Crippen LogP contribution >= 0.6 is 0 Å². The minimum atomic E-state index is -1.17. The van der Waals surface area contributed by atoms with Gasteiger partial charge >= 0.3 is 12.0 Å². The number of carboxylic acid groups (broad SMARTS) is 1. The molecule has 0 fully saturated rings. The number of nitrogens with one attached hydrogen (secondary N) is 1. The first kappa shape index (κ1) is 6.53. The predicted molar refractivity (Wildman–Crippen MR) is 29.3 cm³/mol. The van der Waals surface area contributed by atoms with E-state index in [9.17, 15) is 4.79 Å². The van der Waals surface area contributed by atoms with Crippen LogP contribution in [0.25, 0.3) is 0 Å². The molecule has 0 aliphatic carbocycles. The number of aryl methyl sites for hydroxylation is 1. The summed E-state index contributed by atoms with van der Waals surface area (Å²) in [6.45, 7) is 0. The van der Waals surface area contributed by atoms with E-state index in [0.717, 1.165) is 0 Å². The lowest BCUT2D eigenvalue weighted by molar-refractivity contribution is -0.739. The van der Waals surface area contributed by atoms with Crippen molar-refractivity contribution in [3.8, 4) is 0 Å². The zero-order valence-electron chi connectivity index (χ0n) is 5.24. The lowest BCUT2D eigenvalue weighted by Crippen LogP contribution is -2.28. The van der Waals surface area contributed by atoms with E-state index in [4.69, 9.17) is 5.11 Å². The molecule has 1 aromatic rings. The van der Waals surface area contributed by atoms with Gasteiger partial charge in [0.2, 0.25) is 0 Å². The summed E-state index contributed by atoms with van der Waals surface area (Å²) >= 11 is 0. The molecule has 0 radical (unpaired) electrons. The Morgan fingerprint density at radius 3 is 3.10 bits per heavy atom. The van der Waals surface area contributed by atoms with Crippen LogP contribution in [0.1, 0.15) is 0 Å². The first-order valence-electron chi connectivity index (χ1n) is 2.51. The van der Waals surface area contributed by atoms with Crippen LogP contribution in [0.3, 0.4) is 0 Å². The molecule has 0 bridgehead atoms. The molecule has 6 heteroatoms. The Balaban J connectivity index is 2.67. The molecular weight excluding hydrogens is 138 g/mol. The van der Waals surface area contributed by atoms with Gasteiger partial charge in [-0.2, -0.15) is 0 Å². The third-order valence-electron chi connectivity index (χ3n) is 0.802. The Morgan fingerprint density at radius 2 is 2.70 bits per heavy atom. The molecule has 0 saturated heterocycles. The number of nitrogens with zero attached hydrogens (tertiary/aromatic N) is 2. The summed E-state index contributed by atoms with van der Waals surface area (Å²) in [5.74, 6) is 0.106. The fraction of sp³-hybridized carbons (Fsp3) is 0.250. The summed E-state index contributed by atoms with van der Waals surface area (Å²) in [4.78, 5) is 9.97. The summed E-state index contributed by atoms with van der Waals surface area (Å²) in [5, 5.41) is 13.5. The number of rotatable bonds is 1. The Kier molecular flexibility index (Phi) is 1.53. The SMILES string of the molecule is C[n+]1cc(NC(=O)O)on1. The summed E-state index contributed by atoms with van der Waals surface area (Å²) < 4.78 is 5.85. The lowest BCUT2D eigenvalue weighted by atomic mass is 10.8. The highest BCUT2D eigenvalue weighted by molar-refractivity contribution is 5.80. The minimum Gasteiger partial charge on any atom is -0.465 e. The number of carbonyl (C=O) groups is 1. The molecule has 0 aromatic carbocycles. The second-order valence-corrected chi connectivity index (χ2v) is 1.67. The van der Waals surface area contributed by atoms with Crippen molar-refractivity contribution in [3.05, 3.63) is 6.20 Å². The maximum Gasteiger partial charge on any atom is 0.411 e. The number of hydrogen-bond acceptors (Lipinski definition) is 3. The molecule has 0 spiro atoms. The fourth-order valence-corrected chi connectivity index (χ4v) is 0.486. The van der Waals surface area contributed by atoms with Gasteiger partial charge in [-0.1, -0.05) is 4.68 Å². The second-order valence-electron chi connectivity index (χ2n) is 1.67. The van der Waals surface area contributed by atoms with Crippen molar-refractivity contribution >= 4 is 12.0 Å². The van der Waals surface area contributed by atoms with E-state index in [0.29, 0.717) is 0 Å². The minimum absolute atomic E-state index is 0.106. The van der Waals surface area contributed by atoms with Gasteiger partial charge in [-0.3, -0.25) is 9.84 Å². The van der Waals surface area contributed by atoms with Crippen LogP contribution in [-0.4, -0.2) is 16.5 Å². The predicted octanol–water partition coefficient (Wildman–Crippen LogP) is -0.411. The smallest absolute Gasteiger partial charge is 0.411 e. The molecule has 1 rings (SSSR count). The molecule has 10 heavy (non-hydrogen) atoms. The summed E-state index contributed by atoms with van der Waals surface area (Å²) in [5.41, 5.74) is 0. The average molecular weight is 144 g/mol. The van der Waals surface area contributed by atoms with Gasteiger partial charge in [0, 0.05) is 0 Å². The molecule has 54 valence electrons. The van der Waals surface area contributed by atoms with E-state index in [2.05, 4.69) is 9.79 Å². The van der Waals surface area contributed by atoms with Gasteiger partial charge < -0.3 is 5.11 Å².